The van der Waals surface area contributed by atoms with Gasteiger partial charge in [0.15, 0.2) is 0 Å². The minimum absolute atomic E-state index is 0.0203. The van der Waals surface area contributed by atoms with Crippen molar-refractivity contribution in [1.29, 1.82) is 5.26 Å². The Kier molecular flexibility index (Phi) is 4.55. The van der Waals surface area contributed by atoms with Gasteiger partial charge in [0.1, 0.15) is 11.6 Å². The molecular formula is C15H11Cl2N3O2. The largest absolute Gasteiger partial charge is 0.287 e. The molecule has 1 N–H and O–H groups in total. The molecule has 0 bridgehead atoms. The van der Waals surface area contributed by atoms with E-state index in [4.69, 9.17) is 28.5 Å². The van der Waals surface area contributed by atoms with E-state index in [9.17, 15) is 9.59 Å². The van der Waals surface area contributed by atoms with Crippen LogP contribution >= 0.6 is 23.2 Å². The molecule has 0 spiro atoms. The fourth-order valence-electron chi connectivity index (χ4n) is 2.00. The first-order valence-electron chi connectivity index (χ1n) is 6.25. The molecule has 2 rings (SSSR count). The number of hydrogen-bond donors (Lipinski definition) is 1. The lowest BCUT2D eigenvalue weighted by Crippen LogP contribution is -2.36. The maximum absolute atomic E-state index is 12.3. The van der Waals surface area contributed by atoms with Gasteiger partial charge >= 0.3 is 0 Å². The SMILES string of the molecule is Cc1cc(C)n(NC(=O)c2ccc(Cl)cc2Cl)c(=O)c1C#N. The van der Waals surface area contributed by atoms with E-state index in [1.165, 1.54) is 18.2 Å². The van der Waals surface area contributed by atoms with Gasteiger partial charge in [0, 0.05) is 10.7 Å². The number of nitrogens with one attached hydrogen (secondary N) is 1. The molecule has 22 heavy (non-hydrogen) atoms. The van der Waals surface area contributed by atoms with Crippen LogP contribution in [0.2, 0.25) is 10.0 Å². The Morgan fingerprint density at radius 2 is 1.95 bits per heavy atom. The van der Waals surface area contributed by atoms with E-state index in [0.717, 1.165) is 4.68 Å². The highest BCUT2D eigenvalue weighted by molar-refractivity contribution is 6.37. The number of carbonyl (C=O) groups excluding carboxylic acids is 1. The standard InChI is InChI=1S/C15H11Cl2N3O2/c1-8-5-9(2)20(15(22)12(8)7-18)19-14(21)11-4-3-10(16)6-13(11)17/h3-6H,1-2H3,(H,19,21). The molecular weight excluding hydrogens is 325 g/mol. The summed E-state index contributed by atoms with van der Waals surface area (Å²) < 4.78 is 1.03. The third-order valence-corrected chi connectivity index (χ3v) is 3.64. The average Bonchev–Trinajstić information content (AvgIpc) is 2.43. The second-order valence-electron chi connectivity index (χ2n) is 4.66. The van der Waals surface area contributed by atoms with E-state index in [-0.39, 0.29) is 16.1 Å². The minimum Gasteiger partial charge on any atom is -0.267 e. The molecule has 0 unspecified atom stereocenters. The lowest BCUT2D eigenvalue weighted by Gasteiger charge is -2.13. The molecule has 0 aliphatic heterocycles. The van der Waals surface area contributed by atoms with Crippen molar-refractivity contribution >= 4 is 29.1 Å². The molecule has 0 fully saturated rings. The summed E-state index contributed by atoms with van der Waals surface area (Å²) in [4.78, 5) is 24.5. The van der Waals surface area contributed by atoms with Crippen molar-refractivity contribution in [2.24, 2.45) is 0 Å². The second-order valence-corrected chi connectivity index (χ2v) is 5.50. The van der Waals surface area contributed by atoms with E-state index in [0.29, 0.717) is 16.3 Å². The molecule has 5 nitrogen and oxygen atoms in total. The van der Waals surface area contributed by atoms with Gasteiger partial charge in [-0.1, -0.05) is 23.2 Å². The Hall–Kier alpha value is -2.29. The van der Waals surface area contributed by atoms with Gasteiger partial charge in [-0.05, 0) is 43.7 Å². The van der Waals surface area contributed by atoms with Crippen molar-refractivity contribution in [3.8, 4) is 6.07 Å². The molecule has 2 aromatic rings. The monoisotopic (exact) mass is 335 g/mol. The van der Waals surface area contributed by atoms with Gasteiger partial charge in [-0.2, -0.15) is 5.26 Å². The topological polar surface area (TPSA) is 74.9 Å². The number of carbonyl (C=O) groups is 1. The molecule has 1 aromatic heterocycles. The van der Waals surface area contributed by atoms with E-state index >= 15 is 0 Å². The number of amides is 1. The summed E-state index contributed by atoms with van der Waals surface area (Å²) in [6.45, 7) is 3.31. The third-order valence-electron chi connectivity index (χ3n) is 3.09. The van der Waals surface area contributed by atoms with Crippen molar-refractivity contribution < 1.29 is 4.79 Å². The molecule has 0 saturated heterocycles. The normalized spacial score (nSPS) is 10.1. The van der Waals surface area contributed by atoms with Crippen LogP contribution in [0.4, 0.5) is 0 Å². The van der Waals surface area contributed by atoms with Gasteiger partial charge in [-0.15, -0.1) is 0 Å². The Morgan fingerprint density at radius 3 is 2.55 bits per heavy atom. The summed E-state index contributed by atoms with van der Waals surface area (Å²) in [6.07, 6.45) is 0. The second kappa shape index (κ2) is 6.22. The van der Waals surface area contributed by atoms with Gasteiger partial charge in [0.25, 0.3) is 11.5 Å². The predicted molar refractivity (Wildman–Crippen MR) is 85.0 cm³/mol. The molecule has 112 valence electrons. The van der Waals surface area contributed by atoms with Crippen LogP contribution in [0.1, 0.15) is 27.2 Å². The number of aromatic nitrogens is 1. The molecule has 0 atom stereocenters. The van der Waals surface area contributed by atoms with Gasteiger partial charge < -0.3 is 0 Å². The Labute approximate surface area is 136 Å². The smallest absolute Gasteiger partial charge is 0.267 e. The van der Waals surface area contributed by atoms with E-state index < -0.39 is 11.5 Å². The highest BCUT2D eigenvalue weighted by Gasteiger charge is 2.15. The van der Waals surface area contributed by atoms with Crippen molar-refractivity contribution in [2.75, 3.05) is 5.43 Å². The summed E-state index contributed by atoms with van der Waals surface area (Å²) in [5.41, 5.74) is 3.07. The maximum atomic E-state index is 12.3. The lowest BCUT2D eigenvalue weighted by molar-refractivity contribution is 0.101. The fourth-order valence-corrected chi connectivity index (χ4v) is 2.50. The fraction of sp³-hybridized carbons (Fsp3) is 0.133. The van der Waals surface area contributed by atoms with Crippen molar-refractivity contribution in [2.45, 2.75) is 13.8 Å². The molecule has 0 saturated carbocycles. The van der Waals surface area contributed by atoms with Crippen molar-refractivity contribution in [1.82, 2.24) is 4.68 Å². The van der Waals surface area contributed by atoms with Gasteiger partial charge in [-0.3, -0.25) is 15.0 Å². The molecule has 0 aliphatic carbocycles. The summed E-state index contributed by atoms with van der Waals surface area (Å²) in [5.74, 6) is -0.570. The zero-order valence-corrected chi connectivity index (χ0v) is 13.3. The highest BCUT2D eigenvalue weighted by atomic mass is 35.5. The molecule has 1 heterocycles. The quantitative estimate of drug-likeness (QED) is 0.916. The minimum atomic E-state index is -0.585. The van der Waals surface area contributed by atoms with Crippen LogP contribution in [0.25, 0.3) is 0 Å². The highest BCUT2D eigenvalue weighted by Crippen LogP contribution is 2.21. The van der Waals surface area contributed by atoms with Crippen LogP contribution in [-0.4, -0.2) is 10.6 Å². The average molecular weight is 336 g/mol. The number of benzene rings is 1. The number of nitriles is 1. The first-order chi connectivity index (χ1) is 10.3. The number of hydrogen-bond acceptors (Lipinski definition) is 3. The number of halogens is 2. The summed E-state index contributed by atoms with van der Waals surface area (Å²) in [6, 6.07) is 7.89. The van der Waals surface area contributed by atoms with Crippen LogP contribution < -0.4 is 11.0 Å². The molecule has 0 aliphatic rings. The zero-order chi connectivity index (χ0) is 16.4. The lowest BCUT2D eigenvalue weighted by atomic mass is 10.1. The van der Waals surface area contributed by atoms with Crippen molar-refractivity contribution in [3.63, 3.8) is 0 Å². The van der Waals surface area contributed by atoms with E-state index in [1.807, 2.05) is 6.07 Å². The van der Waals surface area contributed by atoms with E-state index in [1.54, 1.807) is 19.9 Å². The summed E-state index contributed by atoms with van der Waals surface area (Å²) in [7, 11) is 0. The van der Waals surface area contributed by atoms with Crippen molar-refractivity contribution in [3.05, 3.63) is 67.0 Å². The molecule has 0 radical (unpaired) electrons. The van der Waals surface area contributed by atoms with Crippen LogP contribution in [-0.2, 0) is 0 Å². The number of pyridine rings is 1. The Bertz CT molecular complexity index is 866. The molecule has 1 aromatic carbocycles. The molecule has 7 heteroatoms. The Morgan fingerprint density at radius 1 is 1.27 bits per heavy atom. The number of aryl methyl sites for hydroxylation is 2. The van der Waals surface area contributed by atoms with E-state index in [2.05, 4.69) is 5.43 Å². The summed E-state index contributed by atoms with van der Waals surface area (Å²) >= 11 is 11.8. The third kappa shape index (κ3) is 2.98. The first-order valence-corrected chi connectivity index (χ1v) is 7.00. The van der Waals surface area contributed by atoms with Crippen LogP contribution in [0, 0.1) is 25.2 Å². The number of rotatable bonds is 2. The summed E-state index contributed by atoms with van der Waals surface area (Å²) in [5, 5.41) is 9.60. The van der Waals surface area contributed by atoms with Gasteiger partial charge in [0.05, 0.1) is 10.6 Å². The Balaban J connectivity index is 2.46. The number of nitrogens with zero attached hydrogens (tertiary/aromatic N) is 2. The zero-order valence-electron chi connectivity index (χ0n) is 11.8. The van der Waals surface area contributed by atoms with Crippen LogP contribution in [0.3, 0.4) is 0 Å². The first kappa shape index (κ1) is 16.1. The van der Waals surface area contributed by atoms with Gasteiger partial charge in [0.2, 0.25) is 0 Å². The van der Waals surface area contributed by atoms with Crippen LogP contribution in [0.15, 0.2) is 29.1 Å². The van der Waals surface area contributed by atoms with Gasteiger partial charge in [-0.25, -0.2) is 4.68 Å². The maximum Gasteiger partial charge on any atom is 0.287 e. The predicted octanol–water partition coefficient (Wildman–Crippen LogP) is 3.03. The van der Waals surface area contributed by atoms with Crippen LogP contribution in [0.5, 0.6) is 0 Å². The molecule has 1 amide bonds.